The third kappa shape index (κ3) is 15.7. The van der Waals surface area contributed by atoms with Crippen molar-refractivity contribution in [3.05, 3.63) is 0 Å². The van der Waals surface area contributed by atoms with Crippen LogP contribution in [0.1, 0.15) is 195 Å². The molecule has 6 saturated carbocycles. The molecule has 12 heteroatoms. The monoisotopic (exact) mass is 961 g/mol. The first-order valence-electron chi connectivity index (χ1n) is 26.6. The summed E-state index contributed by atoms with van der Waals surface area (Å²) in [4.78, 5) is 67.5. The molecule has 1 N–H and O–H groups in total. The van der Waals surface area contributed by atoms with Gasteiger partial charge in [-0.1, -0.05) is 69.2 Å². The third-order valence-corrected chi connectivity index (χ3v) is 17.3. The van der Waals surface area contributed by atoms with Gasteiger partial charge in [-0.25, -0.2) is 0 Å². The van der Waals surface area contributed by atoms with Crippen LogP contribution in [0.25, 0.3) is 0 Å². The minimum atomic E-state index is -0.555. The Labute approximate surface area is 411 Å². The van der Waals surface area contributed by atoms with E-state index < -0.39 is 23.1 Å². The first-order valence-corrected chi connectivity index (χ1v) is 26.6. The van der Waals surface area contributed by atoms with Crippen molar-refractivity contribution in [3.8, 4) is 0 Å². The van der Waals surface area contributed by atoms with Gasteiger partial charge in [0.2, 0.25) is 0 Å². The maximum Gasteiger partial charge on any atom is 0.317 e. The smallest absolute Gasteiger partial charge is 0.317 e. The number of carbonyl (C=O) groups excluding carboxylic acids is 6. The van der Waals surface area contributed by atoms with Crippen LogP contribution in [0.2, 0.25) is 0 Å². The number of aliphatic hydroxyl groups is 1. The summed E-state index contributed by atoms with van der Waals surface area (Å²) in [6.45, 7) is 33.0. The Kier molecular flexibility index (Phi) is 21.7. The standard InChI is InChI=1S/C18H34O4.C14H24O2.C12H18O.C6H8O3.C6H12O2/c1-9-13(3)15(19)21-17(5,6)11-12-18(7,8)22-16(20)14(4)10-2;1-8-9(2)11-6-10(8)7-12(11)13(15)16-14(3,4)5;13-10-5-8-4-9(10)12-7-2-1-6(3-7)11(8)12;1-3-4(2)6(8)9-5(3)7;1-4-5(2)6(7)8-3/h13-14H,9-12H2,1-8H3;8-12H,6-7H2,1-5H3;6-13H,1-5H2;3-4H,1-2H3;5H,4H2,1-3H3. The SMILES string of the molecule is CC1C(=O)OC(=O)C1C.CC1C2CC(C(=O)OC(C)(C)C)C(C2)C1C.CCC(C)C(=O)OC.CCC(C)C(=O)OC(C)(C)CCC(C)(C)OC(=O)C(C)CC.OC1CC2CC1C1C3CCC(C3)C21. The minimum Gasteiger partial charge on any atom is -0.469 e. The molecule has 17 atom stereocenters. The molecule has 12 nitrogen and oxygen atoms in total. The average Bonchev–Trinajstić information content (AvgIpc) is 4.16. The molecule has 0 aromatic heterocycles. The Morgan fingerprint density at radius 1 is 0.588 bits per heavy atom. The molecule has 1 aliphatic heterocycles. The van der Waals surface area contributed by atoms with E-state index in [4.69, 9.17) is 14.2 Å². The number of ether oxygens (including phenoxy) is 5. The largest absolute Gasteiger partial charge is 0.469 e. The molecule has 0 radical (unpaired) electrons. The van der Waals surface area contributed by atoms with Gasteiger partial charge in [-0.3, -0.25) is 28.8 Å². The average molecular weight is 961 g/mol. The molecule has 6 aliphatic carbocycles. The normalized spacial score (nSPS) is 33.9. The second-order valence-corrected chi connectivity index (χ2v) is 24.3. The van der Waals surface area contributed by atoms with Crippen LogP contribution in [0.5, 0.6) is 0 Å². The highest BCUT2D eigenvalue weighted by Gasteiger charge is 2.62. The molecule has 68 heavy (non-hydrogen) atoms. The highest BCUT2D eigenvalue weighted by atomic mass is 16.6. The zero-order valence-corrected chi connectivity index (χ0v) is 45.7. The zero-order chi connectivity index (χ0) is 51.8. The van der Waals surface area contributed by atoms with Crippen molar-refractivity contribution in [2.75, 3.05) is 7.11 Å². The predicted octanol–water partition coefficient (Wildman–Crippen LogP) is 11.4. The van der Waals surface area contributed by atoms with Crippen LogP contribution in [-0.4, -0.2) is 70.9 Å². The first-order chi connectivity index (χ1) is 31.4. The number of aliphatic hydroxyl groups excluding tert-OH is 1. The fraction of sp³-hybridized carbons (Fsp3) is 0.893. The molecule has 0 aromatic carbocycles. The second kappa shape index (κ2) is 24.9. The lowest BCUT2D eigenvalue weighted by Crippen LogP contribution is -2.36. The molecule has 0 aromatic rings. The van der Waals surface area contributed by atoms with Crippen LogP contribution >= 0.6 is 0 Å². The van der Waals surface area contributed by atoms with E-state index in [0.717, 1.165) is 79.4 Å². The van der Waals surface area contributed by atoms with Crippen LogP contribution in [0.15, 0.2) is 0 Å². The van der Waals surface area contributed by atoms with Gasteiger partial charge >= 0.3 is 35.8 Å². The molecule has 17 unspecified atom stereocenters. The number of cyclic esters (lactones) is 2. The van der Waals surface area contributed by atoms with Gasteiger partial charge in [-0.05, 0) is 185 Å². The summed E-state index contributed by atoms with van der Waals surface area (Å²) in [7, 11) is 1.41. The summed E-state index contributed by atoms with van der Waals surface area (Å²) in [6, 6.07) is 0. The van der Waals surface area contributed by atoms with E-state index >= 15 is 0 Å². The molecular formula is C56H96O12. The van der Waals surface area contributed by atoms with Gasteiger partial charge < -0.3 is 28.8 Å². The summed E-state index contributed by atoms with van der Waals surface area (Å²) >= 11 is 0. The number of hydrogen-bond acceptors (Lipinski definition) is 12. The molecule has 7 aliphatic rings. The molecule has 1 saturated heterocycles. The van der Waals surface area contributed by atoms with Crippen LogP contribution in [0, 0.1) is 94.7 Å². The minimum absolute atomic E-state index is 0.0405. The van der Waals surface area contributed by atoms with E-state index in [1.807, 2.05) is 90.0 Å². The number of carbonyl (C=O) groups is 6. The van der Waals surface area contributed by atoms with E-state index in [0.29, 0.717) is 24.7 Å². The van der Waals surface area contributed by atoms with Crippen molar-refractivity contribution in [3.63, 3.8) is 0 Å². The molecule has 6 bridgehead atoms. The Bertz CT molecular complexity index is 1640. The lowest BCUT2D eigenvalue weighted by atomic mass is 9.70. The molecule has 0 spiro atoms. The maximum atomic E-state index is 12.1. The van der Waals surface area contributed by atoms with Crippen molar-refractivity contribution in [2.24, 2.45) is 94.7 Å². The fourth-order valence-electron chi connectivity index (χ4n) is 12.0. The first kappa shape index (κ1) is 59.3. The number of esters is 6. The number of rotatable bonds is 12. The Morgan fingerprint density at radius 3 is 1.40 bits per heavy atom. The van der Waals surface area contributed by atoms with E-state index in [2.05, 4.69) is 23.3 Å². The van der Waals surface area contributed by atoms with Crippen LogP contribution in [0.3, 0.4) is 0 Å². The number of fused-ring (bicyclic) bond motifs is 11. The predicted molar refractivity (Wildman–Crippen MR) is 263 cm³/mol. The van der Waals surface area contributed by atoms with Gasteiger partial charge in [-0.2, -0.15) is 0 Å². The van der Waals surface area contributed by atoms with Crippen LogP contribution < -0.4 is 0 Å². The van der Waals surface area contributed by atoms with Crippen molar-refractivity contribution in [1.82, 2.24) is 0 Å². The fourth-order valence-corrected chi connectivity index (χ4v) is 12.0. The molecule has 7 rings (SSSR count). The summed E-state index contributed by atoms with van der Waals surface area (Å²) in [6.07, 6.45) is 13.1. The van der Waals surface area contributed by atoms with Crippen LogP contribution in [-0.2, 0) is 52.5 Å². The molecule has 7 fully saturated rings. The van der Waals surface area contributed by atoms with Gasteiger partial charge in [0.1, 0.15) is 16.8 Å². The number of methoxy groups -OCH3 is 1. The lowest BCUT2D eigenvalue weighted by molar-refractivity contribution is -0.168. The van der Waals surface area contributed by atoms with E-state index in [1.54, 1.807) is 13.8 Å². The lowest BCUT2D eigenvalue weighted by Gasteiger charge is -2.36. The van der Waals surface area contributed by atoms with Gasteiger partial charge in [0.05, 0.1) is 48.7 Å². The summed E-state index contributed by atoms with van der Waals surface area (Å²) in [5, 5.41) is 9.89. The maximum absolute atomic E-state index is 12.1. The van der Waals surface area contributed by atoms with E-state index in [1.165, 1.54) is 39.2 Å². The highest BCUT2D eigenvalue weighted by Crippen LogP contribution is 2.67. The van der Waals surface area contributed by atoms with Crippen LogP contribution in [0.4, 0.5) is 0 Å². The van der Waals surface area contributed by atoms with Crippen molar-refractivity contribution >= 4 is 35.8 Å². The summed E-state index contributed by atoms with van der Waals surface area (Å²) < 4.78 is 25.5. The highest BCUT2D eigenvalue weighted by molar-refractivity contribution is 5.95. The molecule has 1 heterocycles. The van der Waals surface area contributed by atoms with Gasteiger partial charge in [0.15, 0.2) is 0 Å². The Hall–Kier alpha value is -3.02. The Balaban J connectivity index is 0.000000235. The quantitative estimate of drug-likeness (QED) is 0.0851. The van der Waals surface area contributed by atoms with E-state index in [9.17, 15) is 33.9 Å². The molecule has 0 amide bonds. The molecule has 392 valence electrons. The topological polar surface area (TPSA) is 169 Å². The van der Waals surface area contributed by atoms with Gasteiger partial charge in [0, 0.05) is 0 Å². The summed E-state index contributed by atoms with van der Waals surface area (Å²) in [5.74, 6) is 6.97. The van der Waals surface area contributed by atoms with Crippen molar-refractivity contribution in [1.29, 1.82) is 0 Å². The second-order valence-electron chi connectivity index (χ2n) is 24.3. The number of hydrogen-bond donors (Lipinski definition) is 1. The van der Waals surface area contributed by atoms with Crippen molar-refractivity contribution < 1.29 is 57.6 Å². The Morgan fingerprint density at radius 2 is 1.03 bits per heavy atom. The summed E-state index contributed by atoms with van der Waals surface area (Å²) in [5.41, 5.74) is -1.45. The third-order valence-electron chi connectivity index (χ3n) is 17.3. The molecular weight excluding hydrogens is 865 g/mol. The van der Waals surface area contributed by atoms with E-state index in [-0.39, 0.29) is 71.1 Å². The van der Waals surface area contributed by atoms with Gasteiger partial charge in [0.25, 0.3) is 0 Å². The van der Waals surface area contributed by atoms with Gasteiger partial charge in [-0.15, -0.1) is 0 Å². The van der Waals surface area contributed by atoms with Crippen molar-refractivity contribution in [2.45, 2.75) is 218 Å². The zero-order valence-electron chi connectivity index (χ0n) is 45.7.